The highest BCUT2D eigenvalue weighted by Gasteiger charge is 2.11. The molecule has 0 aromatic heterocycles. The average Bonchev–Trinajstić information content (AvgIpc) is 2.63. The number of nitrogens with zero attached hydrogens (tertiary/aromatic N) is 1. The van der Waals surface area contributed by atoms with Gasteiger partial charge in [-0.2, -0.15) is 5.10 Å². The van der Waals surface area contributed by atoms with Crippen molar-refractivity contribution in [1.29, 1.82) is 0 Å². The molecule has 8 heteroatoms. The summed E-state index contributed by atoms with van der Waals surface area (Å²) in [6, 6.07) is 8.56. The number of hydrogen-bond donors (Lipinski definition) is 1. The van der Waals surface area contributed by atoms with Crippen molar-refractivity contribution in [3.05, 3.63) is 50.1 Å². The van der Waals surface area contributed by atoms with Crippen LogP contribution in [0.5, 0.6) is 17.2 Å². The lowest BCUT2D eigenvalue weighted by atomic mass is 10.2. The molecule has 2 aromatic carbocycles. The zero-order valence-corrected chi connectivity index (χ0v) is 17.4. The highest BCUT2D eigenvalue weighted by atomic mass is 127. The van der Waals surface area contributed by atoms with Crippen molar-refractivity contribution in [2.24, 2.45) is 5.10 Å². The van der Waals surface area contributed by atoms with E-state index in [1.165, 1.54) is 13.3 Å². The minimum absolute atomic E-state index is 0.347. The highest BCUT2D eigenvalue weighted by Crippen LogP contribution is 2.35. The standard InChI is InChI=1S/C18H18ClIN2O4/c1-4-26-17-13(19)7-11(8-16(17)25-3)10-21-22-18(23)12-5-6-14(20)15(9-12)24-2/h5-10H,4H2,1-3H3,(H,22,23)/b21-10-. The Morgan fingerprint density at radius 2 is 1.96 bits per heavy atom. The first-order valence-electron chi connectivity index (χ1n) is 7.67. The van der Waals surface area contributed by atoms with E-state index in [-0.39, 0.29) is 5.91 Å². The molecule has 138 valence electrons. The van der Waals surface area contributed by atoms with Crippen molar-refractivity contribution in [1.82, 2.24) is 5.43 Å². The molecular formula is C18H18ClIN2O4. The summed E-state index contributed by atoms with van der Waals surface area (Å²) in [5, 5.41) is 4.37. The first kappa shape index (κ1) is 20.3. The number of ether oxygens (including phenoxy) is 3. The first-order valence-corrected chi connectivity index (χ1v) is 9.13. The minimum atomic E-state index is -0.347. The maximum absolute atomic E-state index is 12.2. The Hall–Kier alpha value is -2.00. The average molecular weight is 489 g/mol. The van der Waals surface area contributed by atoms with Crippen LogP contribution in [0.25, 0.3) is 0 Å². The molecule has 0 spiro atoms. The Labute approximate surface area is 170 Å². The Bertz CT molecular complexity index is 827. The van der Waals surface area contributed by atoms with Crippen LogP contribution in [0.1, 0.15) is 22.8 Å². The van der Waals surface area contributed by atoms with Crippen LogP contribution < -0.4 is 19.6 Å². The Morgan fingerprint density at radius 1 is 1.23 bits per heavy atom. The van der Waals surface area contributed by atoms with E-state index in [9.17, 15) is 4.79 Å². The van der Waals surface area contributed by atoms with Gasteiger partial charge in [0.25, 0.3) is 5.91 Å². The van der Waals surface area contributed by atoms with Crippen LogP contribution in [0.4, 0.5) is 0 Å². The van der Waals surface area contributed by atoms with Crippen molar-refractivity contribution >= 4 is 46.3 Å². The summed E-state index contributed by atoms with van der Waals surface area (Å²) in [5.41, 5.74) is 3.58. The molecule has 0 radical (unpaired) electrons. The fourth-order valence-corrected chi connectivity index (χ4v) is 2.96. The number of rotatable bonds is 7. The molecule has 1 N–H and O–H groups in total. The predicted octanol–water partition coefficient (Wildman–Crippen LogP) is 4.12. The fraction of sp³-hybridized carbons (Fsp3) is 0.222. The Morgan fingerprint density at radius 3 is 2.62 bits per heavy atom. The number of methoxy groups -OCH3 is 2. The van der Waals surface area contributed by atoms with Gasteiger partial charge in [-0.15, -0.1) is 0 Å². The number of benzene rings is 2. The van der Waals surface area contributed by atoms with Gasteiger partial charge in [-0.1, -0.05) is 11.6 Å². The van der Waals surface area contributed by atoms with E-state index in [2.05, 4.69) is 33.1 Å². The summed E-state index contributed by atoms with van der Waals surface area (Å²) in [6.45, 7) is 2.33. The van der Waals surface area contributed by atoms with Crippen LogP contribution >= 0.6 is 34.2 Å². The Kier molecular flexibility index (Phi) is 7.52. The predicted molar refractivity (Wildman–Crippen MR) is 110 cm³/mol. The number of hydrazone groups is 1. The molecule has 6 nitrogen and oxygen atoms in total. The van der Waals surface area contributed by atoms with Gasteiger partial charge in [-0.25, -0.2) is 5.43 Å². The van der Waals surface area contributed by atoms with Gasteiger partial charge in [0.2, 0.25) is 0 Å². The lowest BCUT2D eigenvalue weighted by Gasteiger charge is -2.11. The normalized spacial score (nSPS) is 10.7. The molecule has 2 rings (SSSR count). The van der Waals surface area contributed by atoms with Crippen molar-refractivity contribution in [2.75, 3.05) is 20.8 Å². The molecule has 0 heterocycles. The molecule has 0 aliphatic rings. The fourth-order valence-electron chi connectivity index (χ4n) is 2.13. The van der Waals surface area contributed by atoms with Gasteiger partial charge in [0, 0.05) is 5.56 Å². The molecule has 2 aromatic rings. The van der Waals surface area contributed by atoms with Gasteiger partial charge < -0.3 is 14.2 Å². The van der Waals surface area contributed by atoms with Gasteiger partial charge in [0.05, 0.1) is 35.6 Å². The third kappa shape index (κ3) is 5.01. The van der Waals surface area contributed by atoms with Crippen LogP contribution in [0.3, 0.4) is 0 Å². The summed E-state index contributed by atoms with van der Waals surface area (Å²) in [4.78, 5) is 12.2. The third-order valence-corrected chi connectivity index (χ3v) is 4.51. The molecule has 0 fully saturated rings. The lowest BCUT2D eigenvalue weighted by molar-refractivity contribution is 0.0954. The Balaban J connectivity index is 2.13. The lowest BCUT2D eigenvalue weighted by Crippen LogP contribution is -2.17. The van der Waals surface area contributed by atoms with Crippen molar-refractivity contribution < 1.29 is 19.0 Å². The molecule has 0 saturated heterocycles. The third-order valence-electron chi connectivity index (χ3n) is 3.33. The van der Waals surface area contributed by atoms with Crippen LogP contribution in [0.2, 0.25) is 5.02 Å². The number of carbonyl (C=O) groups excluding carboxylic acids is 1. The van der Waals surface area contributed by atoms with E-state index in [0.717, 1.165) is 3.57 Å². The van der Waals surface area contributed by atoms with Crippen LogP contribution in [-0.4, -0.2) is 32.9 Å². The summed E-state index contributed by atoms with van der Waals surface area (Å²) in [5.74, 6) is 1.25. The first-order chi connectivity index (χ1) is 12.5. The van der Waals surface area contributed by atoms with E-state index >= 15 is 0 Å². The summed E-state index contributed by atoms with van der Waals surface area (Å²) < 4.78 is 16.9. The smallest absolute Gasteiger partial charge is 0.271 e. The van der Waals surface area contributed by atoms with Gasteiger partial charge in [-0.05, 0) is 65.4 Å². The number of halogens is 2. The molecule has 0 unspecified atom stereocenters. The molecular weight excluding hydrogens is 471 g/mol. The summed E-state index contributed by atoms with van der Waals surface area (Å²) in [6.07, 6.45) is 1.48. The topological polar surface area (TPSA) is 69.2 Å². The minimum Gasteiger partial charge on any atom is -0.496 e. The quantitative estimate of drug-likeness (QED) is 0.362. The number of amides is 1. The zero-order valence-electron chi connectivity index (χ0n) is 14.5. The van der Waals surface area contributed by atoms with Gasteiger partial charge in [-0.3, -0.25) is 4.79 Å². The van der Waals surface area contributed by atoms with E-state index in [4.69, 9.17) is 25.8 Å². The van der Waals surface area contributed by atoms with Crippen LogP contribution in [0, 0.1) is 3.57 Å². The maximum atomic E-state index is 12.2. The summed E-state index contributed by atoms with van der Waals surface area (Å²) >= 11 is 8.34. The maximum Gasteiger partial charge on any atom is 0.271 e. The molecule has 0 aliphatic carbocycles. The van der Waals surface area contributed by atoms with E-state index in [0.29, 0.717) is 40.0 Å². The largest absolute Gasteiger partial charge is 0.496 e. The second kappa shape index (κ2) is 9.63. The van der Waals surface area contributed by atoms with Crippen molar-refractivity contribution in [3.63, 3.8) is 0 Å². The van der Waals surface area contributed by atoms with Crippen molar-refractivity contribution in [3.8, 4) is 17.2 Å². The van der Waals surface area contributed by atoms with Crippen LogP contribution in [0.15, 0.2) is 35.4 Å². The second-order valence-corrected chi connectivity index (χ2v) is 6.58. The molecule has 0 aliphatic heterocycles. The van der Waals surface area contributed by atoms with Gasteiger partial charge in [0.15, 0.2) is 11.5 Å². The molecule has 0 bridgehead atoms. The van der Waals surface area contributed by atoms with Gasteiger partial charge >= 0.3 is 0 Å². The van der Waals surface area contributed by atoms with Crippen molar-refractivity contribution in [2.45, 2.75) is 6.92 Å². The summed E-state index contributed by atoms with van der Waals surface area (Å²) in [7, 11) is 3.08. The molecule has 0 atom stereocenters. The van der Waals surface area contributed by atoms with E-state index in [1.54, 1.807) is 37.4 Å². The SMILES string of the molecule is CCOc1c(Cl)cc(/C=N\NC(=O)c2ccc(I)c(OC)c2)cc1OC. The number of hydrogen-bond acceptors (Lipinski definition) is 5. The number of carbonyl (C=O) groups is 1. The van der Waals surface area contributed by atoms with E-state index < -0.39 is 0 Å². The second-order valence-electron chi connectivity index (χ2n) is 5.02. The molecule has 26 heavy (non-hydrogen) atoms. The van der Waals surface area contributed by atoms with Gasteiger partial charge in [0.1, 0.15) is 5.75 Å². The molecule has 1 amide bonds. The molecule has 0 saturated carbocycles. The highest BCUT2D eigenvalue weighted by molar-refractivity contribution is 14.1. The van der Waals surface area contributed by atoms with E-state index in [1.807, 2.05) is 6.92 Å². The zero-order chi connectivity index (χ0) is 19.1. The monoisotopic (exact) mass is 488 g/mol. The number of nitrogens with one attached hydrogen (secondary N) is 1. The van der Waals surface area contributed by atoms with Crippen LogP contribution in [-0.2, 0) is 0 Å².